The molecule has 1 aliphatic carbocycles. The zero-order valence-corrected chi connectivity index (χ0v) is 16.4. The highest BCUT2D eigenvalue weighted by Crippen LogP contribution is 2.34. The Balaban J connectivity index is 1.62. The molecule has 6 heteroatoms. The van der Waals surface area contributed by atoms with E-state index in [1.54, 1.807) is 18.3 Å². The van der Waals surface area contributed by atoms with E-state index in [9.17, 15) is 9.59 Å². The average Bonchev–Trinajstić information content (AvgIpc) is 3.29. The predicted molar refractivity (Wildman–Crippen MR) is 108 cm³/mol. The van der Waals surface area contributed by atoms with Crippen LogP contribution < -0.4 is 5.32 Å². The number of carbonyl (C=O) groups is 2. The van der Waals surface area contributed by atoms with Crippen LogP contribution in [0.1, 0.15) is 41.4 Å². The van der Waals surface area contributed by atoms with Gasteiger partial charge >= 0.3 is 0 Å². The highest BCUT2D eigenvalue weighted by atomic mass is 32.1. The number of Topliss-reactive ketones (excluding diaryl/α,β-unsaturated/α-hetero) is 1. The van der Waals surface area contributed by atoms with Crippen molar-refractivity contribution in [2.45, 2.75) is 33.6 Å². The van der Waals surface area contributed by atoms with Gasteiger partial charge in [-0.25, -0.2) is 4.98 Å². The zero-order valence-electron chi connectivity index (χ0n) is 15.6. The van der Waals surface area contributed by atoms with Gasteiger partial charge in [0.15, 0.2) is 5.78 Å². The number of amides is 1. The summed E-state index contributed by atoms with van der Waals surface area (Å²) in [6, 6.07) is 7.77. The summed E-state index contributed by atoms with van der Waals surface area (Å²) in [4.78, 5) is 31.9. The topological polar surface area (TPSA) is 74.8 Å². The van der Waals surface area contributed by atoms with Gasteiger partial charge in [0.2, 0.25) is 5.91 Å². The molecule has 1 fully saturated rings. The molecule has 3 aromatic rings. The van der Waals surface area contributed by atoms with Gasteiger partial charge in [-0.1, -0.05) is 12.1 Å². The summed E-state index contributed by atoms with van der Waals surface area (Å²) in [6.45, 7) is 5.44. The minimum atomic E-state index is 0.0575. The van der Waals surface area contributed by atoms with Crippen molar-refractivity contribution in [3.05, 3.63) is 46.5 Å². The number of anilines is 1. The smallest absolute Gasteiger partial charge is 0.227 e. The van der Waals surface area contributed by atoms with Crippen LogP contribution in [0.2, 0.25) is 0 Å². The van der Waals surface area contributed by atoms with Crippen LogP contribution in [-0.4, -0.2) is 21.7 Å². The number of hydrogen-bond donors (Lipinski definition) is 2. The van der Waals surface area contributed by atoms with Gasteiger partial charge in [-0.2, -0.15) is 0 Å². The first-order chi connectivity index (χ1) is 12.9. The average molecular weight is 379 g/mol. The molecule has 1 aromatic carbocycles. The third kappa shape index (κ3) is 3.45. The molecule has 27 heavy (non-hydrogen) atoms. The maximum absolute atomic E-state index is 12.0. The summed E-state index contributed by atoms with van der Waals surface area (Å²) in [7, 11) is 0. The number of nitrogens with one attached hydrogen (secondary N) is 2. The normalized spacial score (nSPS) is 13.6. The summed E-state index contributed by atoms with van der Waals surface area (Å²) >= 11 is 1.55. The van der Waals surface area contributed by atoms with Crippen LogP contribution in [0.3, 0.4) is 0 Å². The molecule has 4 rings (SSSR count). The van der Waals surface area contributed by atoms with Crippen molar-refractivity contribution in [2.24, 2.45) is 5.92 Å². The van der Waals surface area contributed by atoms with Crippen LogP contribution in [0.15, 0.2) is 29.6 Å². The van der Waals surface area contributed by atoms with Crippen molar-refractivity contribution in [3.63, 3.8) is 0 Å². The van der Waals surface area contributed by atoms with Gasteiger partial charge in [0.1, 0.15) is 5.01 Å². The van der Waals surface area contributed by atoms with Gasteiger partial charge in [0, 0.05) is 33.8 Å². The Bertz CT molecular complexity index is 1040. The highest BCUT2D eigenvalue weighted by Gasteiger charge is 2.29. The summed E-state index contributed by atoms with van der Waals surface area (Å²) in [5.74, 6) is 0.331. The van der Waals surface area contributed by atoms with Crippen LogP contribution in [0, 0.1) is 19.8 Å². The molecule has 2 aromatic heterocycles. The van der Waals surface area contributed by atoms with Gasteiger partial charge in [-0.15, -0.1) is 11.3 Å². The molecule has 5 nitrogen and oxygen atoms in total. The molecule has 2 N–H and O–H groups in total. The Morgan fingerprint density at radius 1 is 1.26 bits per heavy atom. The van der Waals surface area contributed by atoms with Crippen molar-refractivity contribution in [1.29, 1.82) is 0 Å². The monoisotopic (exact) mass is 379 g/mol. The van der Waals surface area contributed by atoms with Crippen molar-refractivity contribution in [2.75, 3.05) is 5.32 Å². The van der Waals surface area contributed by atoms with E-state index < -0.39 is 0 Å². The first kappa shape index (κ1) is 17.7. The number of benzene rings is 1. The number of aromatic nitrogens is 2. The summed E-state index contributed by atoms with van der Waals surface area (Å²) < 4.78 is 0. The van der Waals surface area contributed by atoms with Crippen LogP contribution in [0.5, 0.6) is 0 Å². The largest absolute Gasteiger partial charge is 0.356 e. The fourth-order valence-electron chi connectivity index (χ4n) is 3.38. The number of nitrogens with zero attached hydrogens (tertiary/aromatic N) is 1. The predicted octanol–water partition coefficient (Wildman–Crippen LogP) is 4.97. The van der Waals surface area contributed by atoms with Crippen molar-refractivity contribution in [3.8, 4) is 22.0 Å². The number of carbonyl (C=O) groups excluding carboxylic acids is 2. The van der Waals surface area contributed by atoms with E-state index in [4.69, 9.17) is 4.98 Å². The third-order valence-electron chi connectivity index (χ3n) is 4.88. The van der Waals surface area contributed by atoms with Crippen LogP contribution in [0.4, 0.5) is 5.69 Å². The molecule has 0 bridgehead atoms. The lowest BCUT2D eigenvalue weighted by atomic mass is 10.1. The third-order valence-corrected chi connectivity index (χ3v) is 5.77. The molecule has 0 spiro atoms. The van der Waals surface area contributed by atoms with Crippen molar-refractivity contribution < 1.29 is 9.59 Å². The number of ketones is 1. The van der Waals surface area contributed by atoms with Crippen molar-refractivity contribution >= 4 is 28.7 Å². The SMILES string of the molecule is CC(=O)c1c(C)[nH]c(-c2csc(-c3cccc(NC(=O)C4CC4)c3)n2)c1C. The first-order valence-electron chi connectivity index (χ1n) is 9.01. The first-order valence-corrected chi connectivity index (χ1v) is 9.89. The van der Waals surface area contributed by atoms with Crippen molar-refractivity contribution in [1.82, 2.24) is 9.97 Å². The minimum Gasteiger partial charge on any atom is -0.356 e. The highest BCUT2D eigenvalue weighted by molar-refractivity contribution is 7.13. The number of thiazole rings is 1. The van der Waals surface area contributed by atoms with E-state index >= 15 is 0 Å². The maximum Gasteiger partial charge on any atom is 0.227 e. The molecule has 1 aliphatic rings. The molecular formula is C21H21N3O2S. The molecule has 2 heterocycles. The van der Waals surface area contributed by atoms with E-state index in [0.29, 0.717) is 0 Å². The molecule has 1 amide bonds. The second kappa shape index (κ2) is 6.78. The van der Waals surface area contributed by atoms with Crippen LogP contribution in [-0.2, 0) is 4.79 Å². The Morgan fingerprint density at radius 3 is 2.70 bits per heavy atom. The zero-order chi connectivity index (χ0) is 19.1. The fourth-order valence-corrected chi connectivity index (χ4v) is 4.18. The summed E-state index contributed by atoms with van der Waals surface area (Å²) in [6.07, 6.45) is 1.97. The van der Waals surface area contributed by atoms with E-state index in [1.807, 2.05) is 43.5 Å². The maximum atomic E-state index is 12.0. The Hall–Kier alpha value is -2.73. The van der Waals surface area contributed by atoms with E-state index in [1.165, 1.54) is 0 Å². The van der Waals surface area contributed by atoms with Gasteiger partial charge in [0.05, 0.1) is 11.4 Å². The standard InChI is InChI=1S/C21H21N3O2S/c1-11-18(13(3)25)12(2)22-19(11)17-10-27-21(24-17)15-5-4-6-16(9-15)23-20(26)14-7-8-14/h4-6,9-10,14,22H,7-8H2,1-3H3,(H,23,26). The Morgan fingerprint density at radius 2 is 2.04 bits per heavy atom. The molecule has 0 saturated heterocycles. The van der Waals surface area contributed by atoms with E-state index in [0.717, 1.165) is 57.3 Å². The lowest BCUT2D eigenvalue weighted by Gasteiger charge is -2.05. The molecule has 0 radical (unpaired) electrons. The van der Waals surface area contributed by atoms with Crippen LogP contribution in [0.25, 0.3) is 22.0 Å². The van der Waals surface area contributed by atoms with E-state index in [2.05, 4.69) is 10.3 Å². The number of aromatic amines is 1. The van der Waals surface area contributed by atoms with Gasteiger partial charge < -0.3 is 10.3 Å². The number of rotatable bonds is 5. The van der Waals surface area contributed by atoms with E-state index in [-0.39, 0.29) is 17.6 Å². The lowest BCUT2D eigenvalue weighted by Crippen LogP contribution is -2.13. The Kier molecular flexibility index (Phi) is 4.44. The molecule has 0 aliphatic heterocycles. The molecular weight excluding hydrogens is 358 g/mol. The molecule has 138 valence electrons. The minimum absolute atomic E-state index is 0.0575. The second-order valence-electron chi connectivity index (χ2n) is 7.06. The van der Waals surface area contributed by atoms with Gasteiger partial charge in [-0.05, 0) is 51.3 Å². The van der Waals surface area contributed by atoms with Crippen LogP contribution >= 0.6 is 11.3 Å². The number of hydrogen-bond acceptors (Lipinski definition) is 4. The number of H-pyrrole nitrogens is 1. The number of aryl methyl sites for hydroxylation is 1. The lowest BCUT2D eigenvalue weighted by molar-refractivity contribution is -0.117. The summed E-state index contributed by atoms with van der Waals surface area (Å²) in [5.41, 5.74) is 6.02. The molecule has 0 unspecified atom stereocenters. The molecule has 1 saturated carbocycles. The second-order valence-corrected chi connectivity index (χ2v) is 7.92. The van der Waals surface area contributed by atoms with Gasteiger partial charge in [0.25, 0.3) is 0 Å². The quantitative estimate of drug-likeness (QED) is 0.614. The fraction of sp³-hybridized carbons (Fsp3) is 0.286. The molecule has 0 atom stereocenters. The van der Waals surface area contributed by atoms with Gasteiger partial charge in [-0.3, -0.25) is 9.59 Å². The summed E-state index contributed by atoms with van der Waals surface area (Å²) in [5, 5.41) is 5.85. The Labute approximate surface area is 161 Å².